The number of H-pyrrole nitrogens is 1. The molecule has 3 fully saturated rings. The molecule has 3 aliphatic heterocycles. The largest absolute Gasteiger partial charge is 0.483 e. The van der Waals surface area contributed by atoms with Gasteiger partial charge in [-0.05, 0) is 55.6 Å². The van der Waals surface area contributed by atoms with Crippen molar-refractivity contribution in [3.63, 3.8) is 0 Å². The first-order chi connectivity index (χ1) is 16.4. The van der Waals surface area contributed by atoms with Gasteiger partial charge >= 0.3 is 0 Å². The van der Waals surface area contributed by atoms with Crippen molar-refractivity contribution in [3.05, 3.63) is 59.8 Å². The van der Waals surface area contributed by atoms with E-state index in [0.29, 0.717) is 28.1 Å². The van der Waals surface area contributed by atoms with E-state index in [4.69, 9.17) is 9.90 Å². The van der Waals surface area contributed by atoms with Crippen LogP contribution in [0.4, 0.5) is 5.69 Å². The maximum Gasteiger partial charge on any atom is 0.290 e. The molecule has 11 heteroatoms. The van der Waals surface area contributed by atoms with E-state index in [9.17, 15) is 13.2 Å². The van der Waals surface area contributed by atoms with Crippen molar-refractivity contribution >= 4 is 39.0 Å². The summed E-state index contributed by atoms with van der Waals surface area (Å²) in [7, 11) is -3.59. The van der Waals surface area contributed by atoms with Crippen LogP contribution >= 0.6 is 0 Å². The second-order valence-electron chi connectivity index (χ2n) is 8.50. The number of carboxylic acid groups (broad SMARTS) is 1. The molecule has 3 aromatic rings. The molecule has 4 N–H and O–H groups in total. The number of nitrogens with zero attached hydrogens (tertiary/aromatic N) is 2. The highest BCUT2D eigenvalue weighted by Gasteiger charge is 2.35. The molecule has 0 radical (unpaired) electrons. The smallest absolute Gasteiger partial charge is 0.290 e. The standard InChI is InChI=1S/C22H25N5O3S.CH2O2/c28-22(23-20-13-27-10-8-16(20)9-11-27)21-18-12-17(6-7-19(18)24-25-21)26-31(29,30)14-15-4-2-1-3-5-15;2-1-3/h1-7,12,16,20,26H,8-11,13-14H2,(H,23,28)(H,24,25);1H,(H,2,3)/t20-;/m1./s1. The molecule has 1 amide bonds. The minimum Gasteiger partial charge on any atom is -0.483 e. The monoisotopic (exact) mass is 485 g/mol. The van der Waals surface area contributed by atoms with E-state index in [-0.39, 0.29) is 29.9 Å². The van der Waals surface area contributed by atoms with Gasteiger partial charge < -0.3 is 15.3 Å². The van der Waals surface area contributed by atoms with Crippen LogP contribution in [-0.2, 0) is 20.6 Å². The maximum absolute atomic E-state index is 13.0. The van der Waals surface area contributed by atoms with Crippen LogP contribution < -0.4 is 10.0 Å². The zero-order valence-electron chi connectivity index (χ0n) is 18.5. The van der Waals surface area contributed by atoms with Crippen molar-refractivity contribution in [1.82, 2.24) is 20.4 Å². The predicted octanol–water partition coefficient (Wildman–Crippen LogP) is 2.03. The highest BCUT2D eigenvalue weighted by molar-refractivity contribution is 7.91. The van der Waals surface area contributed by atoms with Crippen LogP contribution in [0.2, 0.25) is 0 Å². The number of rotatable bonds is 6. The number of carbonyl (C=O) groups is 2. The number of aromatic amines is 1. The number of nitrogens with one attached hydrogen (secondary N) is 3. The molecule has 6 rings (SSSR count). The van der Waals surface area contributed by atoms with Crippen molar-refractivity contribution in [2.45, 2.75) is 24.6 Å². The van der Waals surface area contributed by atoms with Gasteiger partial charge in [-0.1, -0.05) is 30.3 Å². The van der Waals surface area contributed by atoms with Crippen molar-refractivity contribution in [3.8, 4) is 0 Å². The number of piperidine rings is 3. The number of benzene rings is 2. The fraction of sp³-hybridized carbons (Fsp3) is 0.348. The zero-order valence-corrected chi connectivity index (χ0v) is 19.3. The summed E-state index contributed by atoms with van der Waals surface area (Å²) in [6, 6.07) is 14.2. The Hall–Kier alpha value is -3.44. The predicted molar refractivity (Wildman–Crippen MR) is 128 cm³/mol. The first kappa shape index (κ1) is 23.7. The van der Waals surface area contributed by atoms with E-state index in [1.165, 1.54) is 0 Å². The lowest BCUT2D eigenvalue weighted by molar-refractivity contribution is -0.122. The summed E-state index contributed by atoms with van der Waals surface area (Å²) in [6.07, 6.45) is 2.22. The van der Waals surface area contributed by atoms with Crippen LogP contribution in [0.25, 0.3) is 10.9 Å². The number of anilines is 1. The maximum atomic E-state index is 13.0. The molecule has 34 heavy (non-hydrogen) atoms. The number of carbonyl (C=O) groups excluding carboxylic acids is 1. The van der Waals surface area contributed by atoms with Crippen LogP contribution in [0, 0.1) is 5.92 Å². The summed E-state index contributed by atoms with van der Waals surface area (Å²) in [5.74, 6) is 0.165. The number of hydrogen-bond acceptors (Lipinski definition) is 6. The van der Waals surface area contributed by atoms with Gasteiger partial charge in [-0.2, -0.15) is 5.10 Å². The first-order valence-corrected chi connectivity index (χ1v) is 12.7. The van der Waals surface area contributed by atoms with E-state index >= 15 is 0 Å². The third kappa shape index (κ3) is 5.54. The van der Waals surface area contributed by atoms with E-state index in [2.05, 4.69) is 25.1 Å². The molecule has 4 heterocycles. The summed E-state index contributed by atoms with van der Waals surface area (Å²) in [5, 5.41) is 17.7. The van der Waals surface area contributed by atoms with Crippen molar-refractivity contribution in [2.24, 2.45) is 5.92 Å². The Morgan fingerprint density at radius 3 is 2.53 bits per heavy atom. The quantitative estimate of drug-likeness (QED) is 0.391. The second-order valence-corrected chi connectivity index (χ2v) is 10.2. The van der Waals surface area contributed by atoms with E-state index < -0.39 is 10.0 Å². The molecule has 180 valence electrons. The Labute approximate surface area is 197 Å². The molecular weight excluding hydrogens is 458 g/mol. The molecule has 2 aromatic carbocycles. The lowest BCUT2D eigenvalue weighted by atomic mass is 9.84. The number of sulfonamides is 1. The number of aromatic nitrogens is 2. The van der Waals surface area contributed by atoms with Gasteiger partial charge in [0.05, 0.1) is 11.3 Å². The zero-order chi connectivity index (χ0) is 24.1. The highest BCUT2D eigenvalue weighted by Crippen LogP contribution is 2.28. The van der Waals surface area contributed by atoms with Crippen LogP contribution in [0.15, 0.2) is 48.5 Å². The SMILES string of the molecule is O=C(N[C@@H]1CN2CCC1CC2)c1n[nH]c2ccc(NS(=O)(=O)Cc3ccccc3)cc12.O=CO. The number of amides is 1. The lowest BCUT2D eigenvalue weighted by Gasteiger charge is -2.44. The van der Waals surface area contributed by atoms with Crippen LogP contribution in [-0.4, -0.2) is 66.7 Å². The van der Waals surface area contributed by atoms with Crippen molar-refractivity contribution in [1.29, 1.82) is 0 Å². The van der Waals surface area contributed by atoms with Gasteiger partial charge in [-0.3, -0.25) is 19.4 Å². The average Bonchev–Trinajstić information content (AvgIpc) is 3.24. The Kier molecular flexibility index (Phi) is 7.13. The average molecular weight is 486 g/mol. The molecule has 3 aliphatic rings. The third-order valence-corrected chi connectivity index (χ3v) is 7.48. The number of hydrogen-bond donors (Lipinski definition) is 4. The van der Waals surface area contributed by atoms with Crippen LogP contribution in [0.3, 0.4) is 0 Å². The van der Waals surface area contributed by atoms with Gasteiger partial charge in [0, 0.05) is 23.7 Å². The molecule has 1 aromatic heterocycles. The molecular formula is C23H27N5O5S. The Bertz CT molecular complexity index is 1250. The molecule has 0 aliphatic carbocycles. The summed E-state index contributed by atoms with van der Waals surface area (Å²) in [4.78, 5) is 23.7. The molecule has 0 saturated carbocycles. The molecule has 0 spiro atoms. The van der Waals surface area contributed by atoms with E-state index in [1.807, 2.05) is 18.2 Å². The minimum atomic E-state index is -3.59. The van der Waals surface area contributed by atoms with Crippen LogP contribution in [0.1, 0.15) is 28.9 Å². The second kappa shape index (κ2) is 10.2. The molecule has 2 bridgehead atoms. The summed E-state index contributed by atoms with van der Waals surface area (Å²) >= 11 is 0. The summed E-state index contributed by atoms with van der Waals surface area (Å²) in [5.41, 5.74) is 2.08. The van der Waals surface area contributed by atoms with E-state index in [0.717, 1.165) is 32.5 Å². The highest BCUT2D eigenvalue weighted by atomic mass is 32.2. The van der Waals surface area contributed by atoms with Gasteiger partial charge in [0.2, 0.25) is 10.0 Å². The van der Waals surface area contributed by atoms with Crippen molar-refractivity contribution < 1.29 is 23.1 Å². The van der Waals surface area contributed by atoms with E-state index in [1.54, 1.807) is 30.3 Å². The third-order valence-electron chi connectivity index (χ3n) is 6.22. The molecule has 0 unspecified atom stereocenters. The van der Waals surface area contributed by atoms with Gasteiger partial charge in [-0.15, -0.1) is 0 Å². The van der Waals surface area contributed by atoms with Gasteiger partial charge in [0.25, 0.3) is 12.4 Å². The van der Waals surface area contributed by atoms with Crippen LogP contribution in [0.5, 0.6) is 0 Å². The summed E-state index contributed by atoms with van der Waals surface area (Å²) in [6.45, 7) is 2.84. The minimum absolute atomic E-state index is 0.121. The van der Waals surface area contributed by atoms with Crippen molar-refractivity contribution in [2.75, 3.05) is 24.4 Å². The Morgan fingerprint density at radius 1 is 1.18 bits per heavy atom. The fourth-order valence-electron chi connectivity index (χ4n) is 4.63. The van der Waals surface area contributed by atoms with Gasteiger partial charge in [-0.25, -0.2) is 8.42 Å². The molecule has 10 nitrogen and oxygen atoms in total. The first-order valence-electron chi connectivity index (χ1n) is 11.0. The normalized spacial score (nSPS) is 21.4. The summed E-state index contributed by atoms with van der Waals surface area (Å²) < 4.78 is 27.8. The fourth-order valence-corrected chi connectivity index (χ4v) is 5.81. The Morgan fingerprint density at radius 2 is 1.88 bits per heavy atom. The molecule has 1 atom stereocenters. The lowest BCUT2D eigenvalue weighted by Crippen LogP contribution is -2.57. The van der Waals surface area contributed by atoms with Gasteiger partial charge in [0.1, 0.15) is 0 Å². The Balaban J connectivity index is 0.000000868. The van der Waals surface area contributed by atoms with Gasteiger partial charge in [0.15, 0.2) is 5.69 Å². The topological polar surface area (TPSA) is 144 Å². The number of fused-ring (bicyclic) bond motifs is 4. The molecule has 3 saturated heterocycles.